The van der Waals surface area contributed by atoms with Crippen molar-refractivity contribution >= 4 is 22.7 Å². The second-order valence-electron chi connectivity index (χ2n) is 5.98. The van der Waals surface area contributed by atoms with Gasteiger partial charge in [0.05, 0.1) is 5.52 Å². The van der Waals surface area contributed by atoms with Gasteiger partial charge in [0.25, 0.3) is 0 Å². The van der Waals surface area contributed by atoms with Gasteiger partial charge < -0.3 is 10.2 Å². The molecule has 1 aromatic heterocycles. The normalized spacial score (nSPS) is 11.0. The van der Waals surface area contributed by atoms with Crippen molar-refractivity contribution in [3.05, 3.63) is 83.2 Å². The molecule has 4 rings (SSSR count). The van der Waals surface area contributed by atoms with Crippen molar-refractivity contribution in [1.82, 2.24) is 4.09 Å². The molecule has 4 nitrogen and oxygen atoms in total. The topological polar surface area (TPSA) is 62.5 Å². The molecule has 128 valence electrons. The summed E-state index contributed by atoms with van der Waals surface area (Å²) >= 11 is 5.95. The van der Waals surface area contributed by atoms with Gasteiger partial charge in [0.2, 0.25) is 0 Å². The Labute approximate surface area is 154 Å². The molecule has 0 unspecified atom stereocenters. The van der Waals surface area contributed by atoms with Crippen molar-refractivity contribution in [3.8, 4) is 33.8 Å². The Morgan fingerprint density at radius 3 is 2.12 bits per heavy atom. The largest absolute Gasteiger partial charge is 0.507 e. The van der Waals surface area contributed by atoms with Crippen LogP contribution < -0.4 is 5.56 Å². The van der Waals surface area contributed by atoms with E-state index in [2.05, 4.69) is 0 Å². The summed E-state index contributed by atoms with van der Waals surface area (Å²) in [5.74, 6) is -0.152. The molecule has 2 N–H and O–H groups in total. The molecule has 0 aliphatic carbocycles. The predicted octanol–water partition coefficient (Wildman–Crippen LogP) is 4.75. The third kappa shape index (κ3) is 2.70. The van der Waals surface area contributed by atoms with Crippen molar-refractivity contribution in [1.29, 1.82) is 0 Å². The number of nitrogens with zero attached hydrogens (tertiary/aromatic N) is 1. The van der Waals surface area contributed by atoms with Crippen LogP contribution in [-0.2, 0) is 0 Å². The number of para-hydroxylation sites is 1. The zero-order valence-electron chi connectivity index (χ0n) is 13.6. The number of hydrogen-bond acceptors (Lipinski definition) is 3. The summed E-state index contributed by atoms with van der Waals surface area (Å²) in [6, 6.07) is 21.9. The first-order valence-corrected chi connectivity index (χ1v) is 8.32. The van der Waals surface area contributed by atoms with Crippen molar-refractivity contribution in [2.24, 2.45) is 0 Å². The van der Waals surface area contributed by atoms with Gasteiger partial charge in [-0.15, -0.1) is 0 Å². The predicted molar refractivity (Wildman–Crippen MR) is 104 cm³/mol. The fraction of sp³-hybridized carbons (Fsp3) is 0. The van der Waals surface area contributed by atoms with Crippen LogP contribution in [0, 0.1) is 0 Å². The molecule has 0 radical (unpaired) electrons. The number of aromatic nitrogens is 1. The van der Waals surface area contributed by atoms with Crippen LogP contribution in [-0.4, -0.2) is 14.3 Å². The lowest BCUT2D eigenvalue weighted by atomic mass is 9.99. The number of rotatable bonds is 2. The lowest BCUT2D eigenvalue weighted by molar-refractivity contribution is 0.467. The van der Waals surface area contributed by atoms with E-state index < -0.39 is 5.56 Å². The van der Waals surface area contributed by atoms with Gasteiger partial charge in [-0.25, -0.2) is 4.09 Å². The molecule has 0 saturated carbocycles. The maximum Gasteiger partial charge on any atom is 0.307 e. The highest BCUT2D eigenvalue weighted by molar-refractivity contribution is 6.18. The summed E-state index contributed by atoms with van der Waals surface area (Å²) in [6.45, 7) is 0. The Hall–Kier alpha value is -3.24. The highest BCUT2D eigenvalue weighted by Gasteiger charge is 2.09. The number of pyridine rings is 1. The smallest absolute Gasteiger partial charge is 0.307 e. The van der Waals surface area contributed by atoms with Gasteiger partial charge in [0.15, 0.2) is 5.75 Å². The molecule has 26 heavy (non-hydrogen) atoms. The van der Waals surface area contributed by atoms with E-state index in [0.29, 0.717) is 10.9 Å². The quantitative estimate of drug-likeness (QED) is 0.540. The zero-order chi connectivity index (χ0) is 18.3. The van der Waals surface area contributed by atoms with Crippen molar-refractivity contribution in [2.45, 2.75) is 0 Å². The number of benzene rings is 3. The molecule has 0 amide bonds. The van der Waals surface area contributed by atoms with E-state index in [-0.39, 0.29) is 11.5 Å². The van der Waals surface area contributed by atoms with Gasteiger partial charge in [-0.05, 0) is 41.0 Å². The van der Waals surface area contributed by atoms with Crippen molar-refractivity contribution < 1.29 is 10.2 Å². The number of fused-ring (bicyclic) bond motifs is 1. The van der Waals surface area contributed by atoms with E-state index in [1.807, 2.05) is 48.5 Å². The van der Waals surface area contributed by atoms with Crippen LogP contribution in [0.4, 0.5) is 0 Å². The molecule has 0 spiro atoms. The van der Waals surface area contributed by atoms with Crippen LogP contribution in [0.2, 0.25) is 0 Å². The summed E-state index contributed by atoms with van der Waals surface area (Å²) in [6.07, 6.45) is 0. The van der Waals surface area contributed by atoms with Gasteiger partial charge in [-0.2, -0.15) is 0 Å². The Morgan fingerprint density at radius 2 is 1.38 bits per heavy atom. The van der Waals surface area contributed by atoms with Gasteiger partial charge in [-0.3, -0.25) is 4.79 Å². The lowest BCUT2D eigenvalue weighted by Gasteiger charge is -2.09. The zero-order valence-corrected chi connectivity index (χ0v) is 14.3. The van der Waals surface area contributed by atoms with E-state index >= 15 is 0 Å². The highest BCUT2D eigenvalue weighted by atomic mass is 35.5. The molecular formula is C21H14ClNO3. The van der Waals surface area contributed by atoms with Gasteiger partial charge in [0.1, 0.15) is 5.75 Å². The minimum atomic E-state index is -0.640. The van der Waals surface area contributed by atoms with Crippen LogP contribution in [0.1, 0.15) is 0 Å². The van der Waals surface area contributed by atoms with E-state index in [1.54, 1.807) is 18.2 Å². The minimum Gasteiger partial charge on any atom is -0.507 e. The summed E-state index contributed by atoms with van der Waals surface area (Å²) in [7, 11) is 0. The van der Waals surface area contributed by atoms with E-state index in [1.165, 1.54) is 6.07 Å². The maximum absolute atomic E-state index is 11.7. The molecule has 0 bridgehead atoms. The van der Waals surface area contributed by atoms with Crippen LogP contribution >= 0.6 is 11.8 Å². The number of halogens is 1. The Kier molecular flexibility index (Phi) is 3.90. The molecule has 3 aromatic carbocycles. The average molecular weight is 364 g/mol. The maximum atomic E-state index is 11.7. The standard InChI is InChI=1S/C21H14ClNO3/c22-23-18-10-9-15(11-16(18)12-20(25)21(23)26)13-5-7-14(8-6-13)17-3-1-2-4-19(17)24/h1-12,24-25H. The highest BCUT2D eigenvalue weighted by Crippen LogP contribution is 2.31. The molecule has 0 aliphatic rings. The van der Waals surface area contributed by atoms with Crippen LogP contribution in [0.5, 0.6) is 11.5 Å². The summed E-state index contributed by atoms with van der Waals surface area (Å²) in [4.78, 5) is 11.7. The van der Waals surface area contributed by atoms with Crippen LogP contribution in [0.15, 0.2) is 77.6 Å². The molecule has 0 saturated heterocycles. The third-order valence-electron chi connectivity index (χ3n) is 4.36. The second kappa shape index (κ2) is 6.24. The van der Waals surface area contributed by atoms with Crippen LogP contribution in [0.25, 0.3) is 33.2 Å². The van der Waals surface area contributed by atoms with Gasteiger partial charge in [-0.1, -0.05) is 48.5 Å². The molecule has 0 fully saturated rings. The third-order valence-corrected chi connectivity index (χ3v) is 4.70. The Balaban J connectivity index is 1.77. The SMILES string of the molecule is O=c1c(O)cc2cc(-c3ccc(-c4ccccc4O)cc3)ccc2n1Cl. The molecule has 4 aromatic rings. The number of phenols is 1. The average Bonchev–Trinajstić information content (AvgIpc) is 2.66. The Bertz CT molecular complexity index is 1180. The fourth-order valence-corrected chi connectivity index (χ4v) is 3.25. The van der Waals surface area contributed by atoms with Crippen LogP contribution in [0.3, 0.4) is 0 Å². The summed E-state index contributed by atoms with van der Waals surface area (Å²) in [5, 5.41) is 20.4. The second-order valence-corrected chi connectivity index (χ2v) is 6.32. The number of phenolic OH excluding ortho intramolecular Hbond substituents is 1. The Morgan fingerprint density at radius 1 is 0.731 bits per heavy atom. The van der Waals surface area contributed by atoms with E-state index in [4.69, 9.17) is 11.8 Å². The molecule has 5 heteroatoms. The molecule has 1 heterocycles. The lowest BCUT2D eigenvalue weighted by Crippen LogP contribution is -2.11. The minimum absolute atomic E-state index is 0.238. The van der Waals surface area contributed by atoms with Crippen molar-refractivity contribution in [2.75, 3.05) is 0 Å². The molecular weight excluding hydrogens is 350 g/mol. The monoisotopic (exact) mass is 363 g/mol. The van der Waals surface area contributed by atoms with Crippen molar-refractivity contribution in [3.63, 3.8) is 0 Å². The number of hydrogen-bond donors (Lipinski definition) is 2. The fourth-order valence-electron chi connectivity index (χ4n) is 3.01. The first-order valence-electron chi connectivity index (χ1n) is 7.98. The van der Waals surface area contributed by atoms with E-state index in [0.717, 1.165) is 26.3 Å². The molecule has 0 aliphatic heterocycles. The number of aromatic hydroxyl groups is 2. The first kappa shape index (κ1) is 16.2. The first-order chi connectivity index (χ1) is 12.5. The van der Waals surface area contributed by atoms with Gasteiger partial charge in [0, 0.05) is 22.7 Å². The summed E-state index contributed by atoms with van der Waals surface area (Å²) < 4.78 is 0.912. The molecule has 0 atom stereocenters. The summed E-state index contributed by atoms with van der Waals surface area (Å²) in [5.41, 5.74) is 3.48. The van der Waals surface area contributed by atoms with E-state index in [9.17, 15) is 15.0 Å². The van der Waals surface area contributed by atoms with Gasteiger partial charge >= 0.3 is 5.56 Å².